The van der Waals surface area contributed by atoms with E-state index in [9.17, 15) is 9.59 Å². The molecule has 1 N–H and O–H groups in total. The van der Waals surface area contributed by atoms with Gasteiger partial charge in [-0.15, -0.1) is 0 Å². The Balaban J connectivity index is 2.74. The Labute approximate surface area is 101 Å². The number of rotatable bonds is 4. The molecule has 0 spiro atoms. The first-order valence-electron chi connectivity index (χ1n) is 5.46. The van der Waals surface area contributed by atoms with Crippen molar-refractivity contribution in [3.8, 4) is 0 Å². The minimum absolute atomic E-state index is 0.0346. The van der Waals surface area contributed by atoms with E-state index in [0.29, 0.717) is 5.56 Å². The Morgan fingerprint density at radius 1 is 1.24 bits per heavy atom. The number of carboxylic acid groups (broad SMARTS) is 1. The van der Waals surface area contributed by atoms with Gasteiger partial charge in [0, 0.05) is 19.2 Å². The highest BCUT2D eigenvalue weighted by molar-refractivity contribution is 5.94. The molecular weight excluding hydrogens is 218 g/mol. The van der Waals surface area contributed by atoms with Crippen LogP contribution in [-0.4, -0.2) is 35.5 Å². The van der Waals surface area contributed by atoms with Crippen molar-refractivity contribution < 1.29 is 14.7 Å². The maximum Gasteiger partial charge on any atom is 0.305 e. The largest absolute Gasteiger partial charge is 0.481 e. The molecule has 0 aliphatic carbocycles. The van der Waals surface area contributed by atoms with Gasteiger partial charge in [-0.2, -0.15) is 0 Å². The van der Waals surface area contributed by atoms with E-state index < -0.39 is 5.97 Å². The second-order valence-corrected chi connectivity index (χ2v) is 4.17. The summed E-state index contributed by atoms with van der Waals surface area (Å²) in [6, 6.07) is 5.49. The van der Waals surface area contributed by atoms with E-state index in [2.05, 4.69) is 0 Å². The number of aliphatic carboxylic acids is 1. The van der Waals surface area contributed by atoms with Crippen molar-refractivity contribution in [3.05, 3.63) is 34.9 Å². The molecule has 4 heteroatoms. The maximum absolute atomic E-state index is 12.0. The van der Waals surface area contributed by atoms with Crippen LogP contribution in [-0.2, 0) is 4.79 Å². The molecule has 0 radical (unpaired) electrons. The van der Waals surface area contributed by atoms with Gasteiger partial charge in [-0.05, 0) is 37.1 Å². The van der Waals surface area contributed by atoms with Crippen molar-refractivity contribution in [2.24, 2.45) is 0 Å². The zero-order chi connectivity index (χ0) is 13.0. The van der Waals surface area contributed by atoms with Crippen LogP contribution in [0.25, 0.3) is 0 Å². The smallest absolute Gasteiger partial charge is 0.305 e. The molecule has 92 valence electrons. The Morgan fingerprint density at radius 3 is 2.41 bits per heavy atom. The monoisotopic (exact) mass is 235 g/mol. The molecule has 0 fully saturated rings. The Morgan fingerprint density at radius 2 is 1.88 bits per heavy atom. The van der Waals surface area contributed by atoms with Gasteiger partial charge in [0.15, 0.2) is 0 Å². The maximum atomic E-state index is 12.0. The van der Waals surface area contributed by atoms with Gasteiger partial charge >= 0.3 is 5.97 Å². The summed E-state index contributed by atoms with van der Waals surface area (Å²) in [7, 11) is 1.61. The van der Waals surface area contributed by atoms with E-state index >= 15 is 0 Å². The van der Waals surface area contributed by atoms with Crippen LogP contribution in [0.4, 0.5) is 0 Å². The second-order valence-electron chi connectivity index (χ2n) is 4.17. The highest BCUT2D eigenvalue weighted by atomic mass is 16.4. The number of carboxylic acids is 1. The van der Waals surface area contributed by atoms with E-state index in [1.54, 1.807) is 13.1 Å². The zero-order valence-electron chi connectivity index (χ0n) is 10.4. The van der Waals surface area contributed by atoms with Crippen molar-refractivity contribution in [2.75, 3.05) is 13.6 Å². The van der Waals surface area contributed by atoms with E-state index in [0.717, 1.165) is 11.1 Å². The van der Waals surface area contributed by atoms with Crippen LogP contribution in [0.3, 0.4) is 0 Å². The van der Waals surface area contributed by atoms with Crippen molar-refractivity contribution in [2.45, 2.75) is 20.3 Å². The van der Waals surface area contributed by atoms with Gasteiger partial charge < -0.3 is 10.0 Å². The van der Waals surface area contributed by atoms with Crippen molar-refractivity contribution in [1.29, 1.82) is 0 Å². The Kier molecular flexibility index (Phi) is 4.26. The molecule has 0 aliphatic rings. The van der Waals surface area contributed by atoms with Gasteiger partial charge in [0.05, 0.1) is 6.42 Å². The number of carbonyl (C=O) groups is 2. The number of amides is 1. The summed E-state index contributed by atoms with van der Waals surface area (Å²) in [5.74, 6) is -1.04. The summed E-state index contributed by atoms with van der Waals surface area (Å²) in [5, 5.41) is 8.56. The van der Waals surface area contributed by atoms with Gasteiger partial charge in [0.2, 0.25) is 0 Å². The number of benzene rings is 1. The fourth-order valence-corrected chi connectivity index (χ4v) is 1.46. The lowest BCUT2D eigenvalue weighted by molar-refractivity contribution is -0.137. The molecule has 0 aliphatic heterocycles. The lowest BCUT2D eigenvalue weighted by atomic mass is 10.1. The van der Waals surface area contributed by atoms with Gasteiger partial charge in [-0.1, -0.05) is 6.07 Å². The molecule has 0 saturated heterocycles. The molecule has 0 aromatic heterocycles. The van der Waals surface area contributed by atoms with Crippen LogP contribution in [0, 0.1) is 13.8 Å². The molecule has 0 heterocycles. The van der Waals surface area contributed by atoms with Crippen LogP contribution in [0.1, 0.15) is 27.9 Å². The van der Waals surface area contributed by atoms with Gasteiger partial charge in [-0.3, -0.25) is 9.59 Å². The van der Waals surface area contributed by atoms with Gasteiger partial charge in [0.1, 0.15) is 0 Å². The number of aryl methyl sites for hydroxylation is 2. The number of hydrogen-bond donors (Lipinski definition) is 1. The van der Waals surface area contributed by atoms with E-state index in [1.165, 1.54) is 4.90 Å². The molecule has 1 aromatic rings. The fourth-order valence-electron chi connectivity index (χ4n) is 1.46. The summed E-state index contributed by atoms with van der Waals surface area (Å²) >= 11 is 0. The van der Waals surface area contributed by atoms with Crippen LogP contribution >= 0.6 is 0 Å². The first-order chi connectivity index (χ1) is 7.91. The van der Waals surface area contributed by atoms with Crippen LogP contribution in [0.15, 0.2) is 18.2 Å². The quantitative estimate of drug-likeness (QED) is 0.866. The molecule has 4 nitrogen and oxygen atoms in total. The summed E-state index contributed by atoms with van der Waals surface area (Å²) in [6.45, 7) is 4.15. The highest BCUT2D eigenvalue weighted by Crippen LogP contribution is 2.11. The van der Waals surface area contributed by atoms with Crippen LogP contribution in [0.2, 0.25) is 0 Å². The molecule has 1 aromatic carbocycles. The minimum atomic E-state index is -0.898. The molecule has 1 amide bonds. The summed E-state index contributed by atoms with van der Waals surface area (Å²) < 4.78 is 0. The molecule has 1 rings (SSSR count). The number of hydrogen-bond acceptors (Lipinski definition) is 2. The van der Waals surface area contributed by atoms with E-state index in [1.807, 2.05) is 26.0 Å². The lowest BCUT2D eigenvalue weighted by Gasteiger charge is -2.16. The first kappa shape index (κ1) is 13.2. The van der Waals surface area contributed by atoms with Gasteiger partial charge in [0.25, 0.3) is 5.91 Å². The number of carbonyl (C=O) groups excluding carboxylic acids is 1. The Hall–Kier alpha value is -1.84. The van der Waals surface area contributed by atoms with Crippen molar-refractivity contribution in [3.63, 3.8) is 0 Å². The van der Waals surface area contributed by atoms with Crippen molar-refractivity contribution >= 4 is 11.9 Å². The average Bonchev–Trinajstić information content (AvgIpc) is 2.28. The highest BCUT2D eigenvalue weighted by Gasteiger charge is 2.13. The molecule has 0 unspecified atom stereocenters. The molecular formula is C13H17NO3. The van der Waals surface area contributed by atoms with Gasteiger partial charge in [-0.25, -0.2) is 0 Å². The van der Waals surface area contributed by atoms with E-state index in [4.69, 9.17) is 5.11 Å². The van der Waals surface area contributed by atoms with E-state index in [-0.39, 0.29) is 18.9 Å². The predicted molar refractivity (Wildman–Crippen MR) is 65.1 cm³/mol. The standard InChI is InChI=1S/C13H17NO3/c1-9-4-5-11(8-10(9)2)13(17)14(3)7-6-12(15)16/h4-5,8H,6-7H2,1-3H3,(H,15,16). The summed E-state index contributed by atoms with van der Waals surface area (Å²) in [4.78, 5) is 23.8. The summed E-state index contributed by atoms with van der Waals surface area (Å²) in [5.41, 5.74) is 2.79. The third-order valence-electron chi connectivity index (χ3n) is 2.76. The lowest BCUT2D eigenvalue weighted by Crippen LogP contribution is -2.29. The third kappa shape index (κ3) is 3.59. The molecule has 0 saturated carbocycles. The normalized spacial score (nSPS) is 10.1. The second kappa shape index (κ2) is 5.48. The van der Waals surface area contributed by atoms with Crippen molar-refractivity contribution in [1.82, 2.24) is 4.90 Å². The topological polar surface area (TPSA) is 57.6 Å². The predicted octanol–water partition coefficient (Wildman–Crippen LogP) is 1.85. The Bertz CT molecular complexity index is 440. The number of nitrogens with zero attached hydrogens (tertiary/aromatic N) is 1. The minimum Gasteiger partial charge on any atom is -0.481 e. The molecule has 0 atom stereocenters. The third-order valence-corrected chi connectivity index (χ3v) is 2.76. The SMILES string of the molecule is Cc1ccc(C(=O)N(C)CCC(=O)O)cc1C. The average molecular weight is 235 g/mol. The summed E-state index contributed by atoms with van der Waals surface area (Å²) in [6.07, 6.45) is -0.0346. The molecule has 17 heavy (non-hydrogen) atoms. The zero-order valence-corrected chi connectivity index (χ0v) is 10.4. The fraction of sp³-hybridized carbons (Fsp3) is 0.385. The molecule has 0 bridgehead atoms. The van der Waals surface area contributed by atoms with Crippen LogP contribution in [0.5, 0.6) is 0 Å². The van der Waals surface area contributed by atoms with Crippen LogP contribution < -0.4 is 0 Å². The first-order valence-corrected chi connectivity index (χ1v) is 5.46.